The van der Waals surface area contributed by atoms with Gasteiger partial charge in [0.15, 0.2) is 0 Å². The van der Waals surface area contributed by atoms with Gasteiger partial charge in [-0.05, 0) is 56.6 Å². The minimum Gasteiger partial charge on any atom is -0.494 e. The number of methoxy groups -OCH3 is 1. The van der Waals surface area contributed by atoms with Crippen LogP contribution in [0.3, 0.4) is 0 Å². The molecule has 0 bridgehead atoms. The van der Waals surface area contributed by atoms with Crippen molar-refractivity contribution in [1.29, 1.82) is 0 Å². The smallest absolute Gasteiger partial charge is 0.283 e. The highest BCUT2D eigenvalue weighted by atomic mass is 32.1. The second-order valence-electron chi connectivity index (χ2n) is 5.83. The number of hydrogen-bond donors (Lipinski definition) is 1. The van der Waals surface area contributed by atoms with Crippen molar-refractivity contribution in [3.8, 4) is 5.75 Å². The van der Waals surface area contributed by atoms with E-state index in [1.54, 1.807) is 12.0 Å². The Bertz CT molecular complexity index is 525. The molecule has 128 valence electrons. The number of fused-ring (bicyclic) bond motifs is 1. The van der Waals surface area contributed by atoms with Gasteiger partial charge < -0.3 is 19.3 Å². The normalized spacial score (nSPS) is 13.5. The first-order valence-electron chi connectivity index (χ1n) is 8.05. The Morgan fingerprint density at radius 2 is 2.13 bits per heavy atom. The molecule has 1 aliphatic heterocycles. The molecule has 1 aliphatic rings. The SMILES string of the molecule is COCCN(C)CCCCOc1ccc2c(c1)CCN2C(=O)S. The molecule has 1 aromatic rings. The third kappa shape index (κ3) is 5.41. The van der Waals surface area contributed by atoms with E-state index < -0.39 is 0 Å². The van der Waals surface area contributed by atoms with Gasteiger partial charge in [0.25, 0.3) is 5.24 Å². The van der Waals surface area contributed by atoms with E-state index in [1.807, 2.05) is 18.2 Å². The lowest BCUT2D eigenvalue weighted by molar-refractivity contribution is 0.159. The van der Waals surface area contributed by atoms with Crippen LogP contribution in [0.15, 0.2) is 18.2 Å². The van der Waals surface area contributed by atoms with Gasteiger partial charge in [-0.2, -0.15) is 0 Å². The molecule has 1 heterocycles. The summed E-state index contributed by atoms with van der Waals surface area (Å²) in [4.78, 5) is 15.4. The molecular weight excluding hydrogens is 312 g/mol. The molecule has 23 heavy (non-hydrogen) atoms. The number of benzene rings is 1. The Hall–Kier alpha value is -1.24. The van der Waals surface area contributed by atoms with Gasteiger partial charge in [-0.3, -0.25) is 4.79 Å². The number of anilines is 1. The highest BCUT2D eigenvalue weighted by molar-refractivity contribution is 7.96. The van der Waals surface area contributed by atoms with Crippen LogP contribution in [0.4, 0.5) is 10.5 Å². The lowest BCUT2D eigenvalue weighted by Gasteiger charge is -2.16. The Kier molecular flexibility index (Phi) is 7.20. The average molecular weight is 338 g/mol. The number of thiol groups is 1. The number of nitrogens with zero attached hydrogens (tertiary/aromatic N) is 2. The molecule has 0 saturated heterocycles. The van der Waals surface area contributed by atoms with Gasteiger partial charge in [0.1, 0.15) is 5.75 Å². The molecule has 0 N–H and O–H groups in total. The van der Waals surface area contributed by atoms with E-state index >= 15 is 0 Å². The fourth-order valence-electron chi connectivity index (χ4n) is 2.70. The molecule has 0 spiro atoms. The Balaban J connectivity index is 1.70. The Morgan fingerprint density at radius 3 is 2.87 bits per heavy atom. The zero-order valence-corrected chi connectivity index (χ0v) is 14.8. The van der Waals surface area contributed by atoms with Gasteiger partial charge in [0, 0.05) is 25.9 Å². The second kappa shape index (κ2) is 9.15. The van der Waals surface area contributed by atoms with Crippen molar-refractivity contribution in [3.05, 3.63) is 23.8 Å². The van der Waals surface area contributed by atoms with E-state index in [1.165, 1.54) is 0 Å². The van der Waals surface area contributed by atoms with Crippen LogP contribution < -0.4 is 9.64 Å². The molecule has 1 amide bonds. The number of likely N-dealkylation sites (N-methyl/N-ethyl adjacent to an activating group) is 1. The van der Waals surface area contributed by atoms with Crippen LogP contribution in [0.1, 0.15) is 18.4 Å². The van der Waals surface area contributed by atoms with E-state index in [2.05, 4.69) is 24.6 Å². The van der Waals surface area contributed by atoms with Crippen LogP contribution in [0.5, 0.6) is 5.75 Å². The molecule has 0 aromatic heterocycles. The van der Waals surface area contributed by atoms with E-state index in [9.17, 15) is 4.79 Å². The largest absolute Gasteiger partial charge is 0.494 e. The zero-order chi connectivity index (χ0) is 16.7. The van der Waals surface area contributed by atoms with Crippen molar-refractivity contribution in [2.45, 2.75) is 19.3 Å². The van der Waals surface area contributed by atoms with Crippen molar-refractivity contribution in [1.82, 2.24) is 4.90 Å². The number of carbonyl (C=O) groups excluding carboxylic acids is 1. The Morgan fingerprint density at radius 1 is 1.30 bits per heavy atom. The van der Waals surface area contributed by atoms with Crippen LogP contribution >= 0.6 is 12.6 Å². The third-order valence-corrected chi connectivity index (χ3v) is 4.30. The molecular formula is C17H26N2O3S. The van der Waals surface area contributed by atoms with Gasteiger partial charge in [-0.15, -0.1) is 0 Å². The summed E-state index contributed by atoms with van der Waals surface area (Å²) < 4.78 is 10.9. The van der Waals surface area contributed by atoms with Gasteiger partial charge >= 0.3 is 0 Å². The number of unbranched alkanes of at least 4 members (excludes halogenated alkanes) is 1. The maximum absolute atomic E-state index is 11.4. The maximum atomic E-state index is 11.4. The van der Waals surface area contributed by atoms with Gasteiger partial charge in [-0.25, -0.2) is 0 Å². The fraction of sp³-hybridized carbons (Fsp3) is 0.588. The summed E-state index contributed by atoms with van der Waals surface area (Å²) in [7, 11) is 3.83. The lowest BCUT2D eigenvalue weighted by Crippen LogP contribution is -2.24. The summed E-state index contributed by atoms with van der Waals surface area (Å²) >= 11 is 3.91. The summed E-state index contributed by atoms with van der Waals surface area (Å²) in [5.74, 6) is 0.880. The average Bonchev–Trinajstić information content (AvgIpc) is 2.96. The molecule has 0 atom stereocenters. The quantitative estimate of drug-likeness (QED) is 0.555. The molecule has 1 aromatic carbocycles. The van der Waals surface area contributed by atoms with Gasteiger partial charge in [0.05, 0.1) is 13.2 Å². The highest BCUT2D eigenvalue weighted by Crippen LogP contribution is 2.32. The molecule has 0 fully saturated rings. The second-order valence-corrected chi connectivity index (χ2v) is 6.21. The van der Waals surface area contributed by atoms with Crippen molar-refractivity contribution in [2.24, 2.45) is 0 Å². The molecule has 0 aliphatic carbocycles. The number of rotatable bonds is 9. The zero-order valence-electron chi connectivity index (χ0n) is 14.0. The summed E-state index contributed by atoms with van der Waals surface area (Å²) in [6.07, 6.45) is 2.99. The topological polar surface area (TPSA) is 42.0 Å². The number of hydrogen-bond acceptors (Lipinski definition) is 4. The van der Waals surface area contributed by atoms with Crippen molar-refractivity contribution < 1.29 is 14.3 Å². The first-order valence-corrected chi connectivity index (χ1v) is 8.50. The molecule has 2 rings (SSSR count). The summed E-state index contributed by atoms with van der Waals surface area (Å²) in [5.41, 5.74) is 2.11. The maximum Gasteiger partial charge on any atom is 0.283 e. The van der Waals surface area contributed by atoms with Crippen molar-refractivity contribution >= 4 is 23.6 Å². The van der Waals surface area contributed by atoms with Crippen LogP contribution in [-0.2, 0) is 11.2 Å². The van der Waals surface area contributed by atoms with Crippen LogP contribution in [0.2, 0.25) is 0 Å². The number of amides is 1. The van der Waals surface area contributed by atoms with Crippen LogP contribution in [0.25, 0.3) is 0 Å². The van der Waals surface area contributed by atoms with E-state index in [-0.39, 0.29) is 5.24 Å². The summed E-state index contributed by atoms with van der Waals surface area (Å²) in [6, 6.07) is 5.92. The van der Waals surface area contributed by atoms with Crippen LogP contribution in [-0.4, -0.2) is 57.1 Å². The Labute approximate surface area is 144 Å². The minimum atomic E-state index is -0.199. The lowest BCUT2D eigenvalue weighted by atomic mass is 10.1. The van der Waals surface area contributed by atoms with Crippen molar-refractivity contribution in [3.63, 3.8) is 0 Å². The van der Waals surface area contributed by atoms with Gasteiger partial charge in [0.2, 0.25) is 0 Å². The number of ether oxygens (including phenoxy) is 2. The molecule has 0 saturated carbocycles. The molecule has 5 nitrogen and oxygen atoms in total. The summed E-state index contributed by atoms with van der Waals surface area (Å²) in [6.45, 7) is 4.20. The fourth-order valence-corrected chi connectivity index (χ4v) is 2.91. The standard InChI is InChI=1S/C17H26N2O3S/c1-18(10-12-21-2)8-3-4-11-22-15-5-6-16-14(13-15)7-9-19(16)17(20)23/h5-6,13H,3-4,7-12H2,1-2H3,(H,20,23). The monoisotopic (exact) mass is 338 g/mol. The molecule has 0 radical (unpaired) electrons. The summed E-state index contributed by atoms with van der Waals surface area (Å²) in [5, 5.41) is -0.199. The van der Waals surface area contributed by atoms with Gasteiger partial charge in [-0.1, -0.05) is 12.6 Å². The van der Waals surface area contributed by atoms with E-state index in [4.69, 9.17) is 9.47 Å². The predicted octanol–water partition coefficient (Wildman–Crippen LogP) is 2.84. The predicted molar refractivity (Wildman–Crippen MR) is 96.0 cm³/mol. The number of carbonyl (C=O) groups is 1. The highest BCUT2D eigenvalue weighted by Gasteiger charge is 2.22. The van der Waals surface area contributed by atoms with Crippen molar-refractivity contribution in [2.75, 3.05) is 51.9 Å². The first-order chi connectivity index (χ1) is 11.1. The van der Waals surface area contributed by atoms with E-state index in [0.29, 0.717) is 13.2 Å². The minimum absolute atomic E-state index is 0.199. The molecule has 6 heteroatoms. The first kappa shape index (κ1) is 18.1. The van der Waals surface area contributed by atoms with Crippen LogP contribution in [0, 0.1) is 0 Å². The van der Waals surface area contributed by atoms with E-state index in [0.717, 1.165) is 56.0 Å². The molecule has 0 unspecified atom stereocenters. The third-order valence-electron chi connectivity index (χ3n) is 4.06.